The highest BCUT2D eigenvalue weighted by molar-refractivity contribution is 7.99. The second-order valence-electron chi connectivity index (χ2n) is 4.27. The molecule has 19 heavy (non-hydrogen) atoms. The van der Waals surface area contributed by atoms with Gasteiger partial charge in [-0.2, -0.15) is 0 Å². The summed E-state index contributed by atoms with van der Waals surface area (Å²) in [6, 6.07) is 5.93. The molecule has 1 aromatic heterocycles. The second-order valence-corrected chi connectivity index (χ2v) is 5.30. The van der Waals surface area contributed by atoms with E-state index in [0.717, 1.165) is 35.2 Å². The van der Waals surface area contributed by atoms with Gasteiger partial charge in [0.15, 0.2) is 0 Å². The summed E-state index contributed by atoms with van der Waals surface area (Å²) in [5.41, 5.74) is 2.01. The van der Waals surface area contributed by atoms with Gasteiger partial charge in [-0.1, -0.05) is 11.8 Å². The maximum absolute atomic E-state index is 13.8. The Morgan fingerprint density at radius 1 is 1.11 bits per heavy atom. The third-order valence-corrected chi connectivity index (χ3v) is 3.53. The molecule has 0 aliphatic carbocycles. The Bertz CT molecular complexity index is 573. The van der Waals surface area contributed by atoms with E-state index < -0.39 is 11.6 Å². The average molecular weight is 281 g/mol. The topological polar surface area (TPSA) is 33.1 Å². The number of nitrogens with zero attached hydrogens (tertiary/aromatic N) is 1. The second kappa shape index (κ2) is 5.67. The van der Waals surface area contributed by atoms with E-state index in [2.05, 4.69) is 4.98 Å². The Morgan fingerprint density at radius 2 is 1.74 bits per heavy atom. The fourth-order valence-electron chi connectivity index (χ4n) is 1.76. The van der Waals surface area contributed by atoms with E-state index >= 15 is 0 Å². The zero-order chi connectivity index (χ0) is 14.0. The molecule has 0 aliphatic rings. The van der Waals surface area contributed by atoms with Crippen LogP contribution in [0, 0.1) is 25.5 Å². The van der Waals surface area contributed by atoms with E-state index in [-0.39, 0.29) is 17.1 Å². The van der Waals surface area contributed by atoms with Gasteiger partial charge in [-0.3, -0.25) is 0 Å². The number of aliphatic hydroxyl groups excluding tert-OH is 1. The van der Waals surface area contributed by atoms with Crippen LogP contribution < -0.4 is 0 Å². The summed E-state index contributed by atoms with van der Waals surface area (Å²) in [5.74, 6) is -1.37. The van der Waals surface area contributed by atoms with Crippen LogP contribution in [0.5, 0.6) is 0 Å². The van der Waals surface area contributed by atoms with Crippen molar-refractivity contribution < 1.29 is 13.9 Å². The first-order valence-electron chi connectivity index (χ1n) is 5.71. The van der Waals surface area contributed by atoms with Gasteiger partial charge in [0.05, 0.1) is 11.5 Å². The van der Waals surface area contributed by atoms with Crippen molar-refractivity contribution in [3.8, 4) is 0 Å². The molecule has 0 unspecified atom stereocenters. The van der Waals surface area contributed by atoms with Crippen LogP contribution >= 0.6 is 11.8 Å². The quantitative estimate of drug-likeness (QED) is 0.932. The number of halogens is 2. The summed E-state index contributed by atoms with van der Waals surface area (Å²) in [4.78, 5) is 4.13. The number of rotatable bonds is 3. The molecular weight excluding hydrogens is 268 g/mol. The molecule has 0 radical (unpaired) electrons. The van der Waals surface area contributed by atoms with Gasteiger partial charge in [0.2, 0.25) is 0 Å². The van der Waals surface area contributed by atoms with Gasteiger partial charge >= 0.3 is 0 Å². The van der Waals surface area contributed by atoms with Gasteiger partial charge in [0.25, 0.3) is 0 Å². The number of aliphatic hydroxyl groups is 1. The van der Waals surface area contributed by atoms with Gasteiger partial charge in [-0.25, -0.2) is 13.8 Å². The van der Waals surface area contributed by atoms with Crippen LogP contribution in [0.4, 0.5) is 8.78 Å². The molecule has 0 bridgehead atoms. The van der Waals surface area contributed by atoms with Crippen molar-refractivity contribution in [1.29, 1.82) is 0 Å². The first-order chi connectivity index (χ1) is 8.99. The predicted molar refractivity (Wildman–Crippen MR) is 70.1 cm³/mol. The van der Waals surface area contributed by atoms with Crippen molar-refractivity contribution in [3.05, 3.63) is 52.7 Å². The van der Waals surface area contributed by atoms with Gasteiger partial charge in [0.1, 0.15) is 16.7 Å². The molecule has 1 heterocycles. The lowest BCUT2D eigenvalue weighted by Gasteiger charge is -2.07. The molecule has 0 spiro atoms. The molecule has 2 aromatic rings. The molecule has 1 aromatic carbocycles. The van der Waals surface area contributed by atoms with Crippen LogP contribution in [0.25, 0.3) is 0 Å². The summed E-state index contributed by atoms with van der Waals surface area (Å²) in [7, 11) is 0. The maximum atomic E-state index is 13.8. The maximum Gasteiger partial charge on any atom is 0.140 e. The Hall–Kier alpha value is -1.46. The van der Waals surface area contributed by atoms with E-state index in [1.54, 1.807) is 6.07 Å². The zero-order valence-electron chi connectivity index (χ0n) is 10.6. The summed E-state index contributed by atoms with van der Waals surface area (Å²) >= 11 is 0.946. The minimum Gasteiger partial charge on any atom is -0.392 e. The van der Waals surface area contributed by atoms with E-state index in [0.29, 0.717) is 5.03 Å². The molecule has 1 N–H and O–H groups in total. The van der Waals surface area contributed by atoms with Crippen LogP contribution in [-0.4, -0.2) is 10.1 Å². The predicted octanol–water partition coefficient (Wildman–Crippen LogP) is 3.62. The minimum absolute atomic E-state index is 0.102. The van der Waals surface area contributed by atoms with Crippen LogP contribution in [0.3, 0.4) is 0 Å². The highest BCUT2D eigenvalue weighted by atomic mass is 32.2. The smallest absolute Gasteiger partial charge is 0.140 e. The molecule has 5 heteroatoms. The van der Waals surface area contributed by atoms with Crippen LogP contribution in [0.2, 0.25) is 0 Å². The Labute approximate surface area is 114 Å². The molecule has 0 saturated heterocycles. The van der Waals surface area contributed by atoms with E-state index in [1.807, 2.05) is 19.9 Å². The van der Waals surface area contributed by atoms with Crippen LogP contribution in [-0.2, 0) is 6.61 Å². The number of aryl methyl sites for hydroxylation is 2. The molecule has 100 valence electrons. The SMILES string of the molecule is Cc1cc(C)nc(Sc2c(F)cc(CO)cc2F)c1. The van der Waals surface area contributed by atoms with Crippen LogP contribution in [0.1, 0.15) is 16.8 Å². The molecular formula is C14H13F2NOS. The number of benzene rings is 1. The van der Waals surface area contributed by atoms with E-state index in [4.69, 9.17) is 5.11 Å². The lowest BCUT2D eigenvalue weighted by atomic mass is 10.2. The normalized spacial score (nSPS) is 10.8. The lowest BCUT2D eigenvalue weighted by molar-refractivity contribution is 0.280. The monoisotopic (exact) mass is 281 g/mol. The van der Waals surface area contributed by atoms with Gasteiger partial charge < -0.3 is 5.11 Å². The molecule has 0 aliphatic heterocycles. The van der Waals surface area contributed by atoms with Gasteiger partial charge in [0, 0.05) is 5.69 Å². The van der Waals surface area contributed by atoms with E-state index in [1.165, 1.54) is 0 Å². The summed E-state index contributed by atoms with van der Waals surface area (Å²) in [6.07, 6.45) is 0. The molecule has 2 rings (SSSR count). The van der Waals surface area contributed by atoms with Crippen molar-refractivity contribution in [1.82, 2.24) is 4.98 Å². The molecule has 2 nitrogen and oxygen atoms in total. The van der Waals surface area contributed by atoms with Crippen LogP contribution in [0.15, 0.2) is 34.2 Å². The third kappa shape index (κ3) is 3.30. The third-order valence-electron chi connectivity index (χ3n) is 2.52. The number of pyridine rings is 1. The lowest BCUT2D eigenvalue weighted by Crippen LogP contribution is -1.94. The largest absolute Gasteiger partial charge is 0.392 e. The highest BCUT2D eigenvalue weighted by Crippen LogP contribution is 2.32. The summed E-state index contributed by atoms with van der Waals surface area (Å²) < 4.78 is 27.6. The fourth-order valence-corrected chi connectivity index (χ4v) is 2.72. The highest BCUT2D eigenvalue weighted by Gasteiger charge is 2.13. The Kier molecular flexibility index (Phi) is 4.17. The average Bonchev–Trinajstić information content (AvgIpc) is 2.32. The molecule has 0 amide bonds. The first kappa shape index (κ1) is 14.0. The van der Waals surface area contributed by atoms with Gasteiger partial charge in [-0.05, 0) is 49.2 Å². The summed E-state index contributed by atoms with van der Waals surface area (Å²) in [6.45, 7) is 3.35. The molecule has 0 fully saturated rings. The van der Waals surface area contributed by atoms with Gasteiger partial charge in [-0.15, -0.1) is 0 Å². The number of hydrogen-bond acceptors (Lipinski definition) is 3. The van der Waals surface area contributed by atoms with E-state index in [9.17, 15) is 8.78 Å². The molecule has 0 saturated carbocycles. The Balaban J connectivity index is 2.38. The van der Waals surface area contributed by atoms with Crippen molar-refractivity contribution in [3.63, 3.8) is 0 Å². The zero-order valence-corrected chi connectivity index (χ0v) is 11.4. The standard InChI is InChI=1S/C14H13F2NOS/c1-8-3-9(2)17-13(4-8)19-14-11(15)5-10(7-18)6-12(14)16/h3-6,18H,7H2,1-2H3. The minimum atomic E-state index is -0.685. The van der Waals surface area contributed by atoms with Crippen molar-refractivity contribution >= 4 is 11.8 Å². The number of hydrogen-bond donors (Lipinski definition) is 1. The summed E-state index contributed by atoms with van der Waals surface area (Å²) in [5, 5.41) is 9.44. The number of aromatic nitrogens is 1. The fraction of sp³-hybridized carbons (Fsp3) is 0.214. The van der Waals surface area contributed by atoms with Crippen molar-refractivity contribution in [2.24, 2.45) is 0 Å². The molecule has 0 atom stereocenters. The van der Waals surface area contributed by atoms with Crippen molar-refractivity contribution in [2.75, 3.05) is 0 Å². The first-order valence-corrected chi connectivity index (χ1v) is 6.53. The Morgan fingerprint density at radius 3 is 2.26 bits per heavy atom. The van der Waals surface area contributed by atoms with Crippen molar-refractivity contribution in [2.45, 2.75) is 30.4 Å².